The minimum atomic E-state index is -0.289. The number of anilines is 1. The van der Waals surface area contributed by atoms with Crippen LogP contribution in [0.15, 0.2) is 12.1 Å². The predicted octanol–water partition coefficient (Wildman–Crippen LogP) is 0.838. The molecule has 0 saturated carbocycles. The number of aryl methyl sites for hydroxylation is 1. The van der Waals surface area contributed by atoms with Crippen molar-refractivity contribution in [3.63, 3.8) is 0 Å². The average Bonchev–Trinajstić information content (AvgIpc) is 2.84. The quantitative estimate of drug-likeness (QED) is 0.554. The number of nitrogens with one attached hydrogen (secondary N) is 2. The van der Waals surface area contributed by atoms with Crippen LogP contribution in [0.2, 0.25) is 0 Å². The van der Waals surface area contributed by atoms with Crippen LogP contribution in [0.3, 0.4) is 0 Å². The standard InChI is InChI=1S/C13H20N4O2/c1-3-10-6-9(7-11(15-10)17-14)12(18)16-13(2)4-5-19-8-13/h6-7H,3-5,8,14H2,1-2H3,(H,15,17)(H,16,18). The van der Waals surface area contributed by atoms with Crippen molar-refractivity contribution in [1.82, 2.24) is 10.3 Å². The van der Waals surface area contributed by atoms with Crippen LogP contribution in [-0.4, -0.2) is 29.6 Å². The van der Waals surface area contributed by atoms with E-state index in [4.69, 9.17) is 10.6 Å². The van der Waals surface area contributed by atoms with E-state index in [-0.39, 0.29) is 11.4 Å². The van der Waals surface area contributed by atoms with Gasteiger partial charge in [0.1, 0.15) is 5.82 Å². The highest BCUT2D eigenvalue weighted by Gasteiger charge is 2.31. The van der Waals surface area contributed by atoms with E-state index < -0.39 is 0 Å². The largest absolute Gasteiger partial charge is 0.379 e. The highest BCUT2D eigenvalue weighted by Crippen LogP contribution is 2.19. The third kappa shape index (κ3) is 3.21. The molecule has 6 heteroatoms. The Hall–Kier alpha value is -1.66. The van der Waals surface area contributed by atoms with Crippen molar-refractivity contribution in [2.75, 3.05) is 18.6 Å². The van der Waals surface area contributed by atoms with E-state index in [0.717, 1.165) is 18.5 Å². The van der Waals surface area contributed by atoms with E-state index in [0.29, 0.717) is 24.6 Å². The number of carbonyl (C=O) groups is 1. The molecule has 1 aromatic heterocycles. The van der Waals surface area contributed by atoms with Crippen molar-refractivity contribution in [3.8, 4) is 0 Å². The van der Waals surface area contributed by atoms with Crippen molar-refractivity contribution in [2.45, 2.75) is 32.2 Å². The van der Waals surface area contributed by atoms with Crippen LogP contribution < -0.4 is 16.6 Å². The summed E-state index contributed by atoms with van der Waals surface area (Å²) in [7, 11) is 0. The number of pyridine rings is 1. The molecule has 0 spiro atoms. The summed E-state index contributed by atoms with van der Waals surface area (Å²) in [5.41, 5.74) is 3.59. The Morgan fingerprint density at radius 1 is 1.58 bits per heavy atom. The molecule has 1 aromatic rings. The number of nitrogens with two attached hydrogens (primary N) is 1. The maximum absolute atomic E-state index is 12.3. The van der Waals surface area contributed by atoms with Crippen LogP contribution in [0.5, 0.6) is 0 Å². The first-order valence-electron chi connectivity index (χ1n) is 6.44. The molecule has 1 fully saturated rings. The second-order valence-electron chi connectivity index (χ2n) is 5.05. The molecule has 4 N–H and O–H groups in total. The molecule has 0 aromatic carbocycles. The molecule has 1 saturated heterocycles. The summed E-state index contributed by atoms with van der Waals surface area (Å²) >= 11 is 0. The van der Waals surface area contributed by atoms with Gasteiger partial charge in [0.25, 0.3) is 5.91 Å². The predicted molar refractivity (Wildman–Crippen MR) is 72.7 cm³/mol. The molecule has 6 nitrogen and oxygen atoms in total. The van der Waals surface area contributed by atoms with Gasteiger partial charge in [-0.15, -0.1) is 0 Å². The molecule has 19 heavy (non-hydrogen) atoms. The summed E-state index contributed by atoms with van der Waals surface area (Å²) in [4.78, 5) is 16.5. The smallest absolute Gasteiger partial charge is 0.251 e. The molecule has 1 unspecified atom stereocenters. The van der Waals surface area contributed by atoms with E-state index >= 15 is 0 Å². The number of nitrogen functional groups attached to an aromatic ring is 1. The van der Waals surface area contributed by atoms with Gasteiger partial charge >= 0.3 is 0 Å². The third-order valence-electron chi connectivity index (χ3n) is 3.28. The number of rotatable bonds is 4. The van der Waals surface area contributed by atoms with Gasteiger partial charge in [-0.1, -0.05) is 6.92 Å². The fraction of sp³-hybridized carbons (Fsp3) is 0.538. The van der Waals surface area contributed by atoms with E-state index in [1.165, 1.54) is 0 Å². The Balaban J connectivity index is 2.18. The maximum atomic E-state index is 12.3. The molecule has 1 aliphatic rings. The molecular formula is C13H20N4O2. The number of hydrogen-bond donors (Lipinski definition) is 3. The van der Waals surface area contributed by atoms with E-state index in [1.807, 2.05) is 13.8 Å². The second-order valence-corrected chi connectivity index (χ2v) is 5.05. The van der Waals surface area contributed by atoms with Gasteiger partial charge in [0, 0.05) is 17.9 Å². The summed E-state index contributed by atoms with van der Waals surface area (Å²) in [6.45, 7) is 5.20. The van der Waals surface area contributed by atoms with E-state index in [2.05, 4.69) is 15.7 Å². The summed E-state index contributed by atoms with van der Waals surface area (Å²) < 4.78 is 5.33. The van der Waals surface area contributed by atoms with E-state index in [9.17, 15) is 4.79 Å². The molecule has 1 atom stereocenters. The lowest BCUT2D eigenvalue weighted by Crippen LogP contribution is -2.46. The van der Waals surface area contributed by atoms with Gasteiger partial charge in [-0.2, -0.15) is 0 Å². The van der Waals surface area contributed by atoms with Gasteiger partial charge in [0.2, 0.25) is 0 Å². The lowest BCUT2D eigenvalue weighted by molar-refractivity contribution is 0.0889. The lowest BCUT2D eigenvalue weighted by Gasteiger charge is -2.23. The average molecular weight is 264 g/mol. The number of hydrazine groups is 1. The number of aromatic nitrogens is 1. The van der Waals surface area contributed by atoms with Crippen LogP contribution >= 0.6 is 0 Å². The highest BCUT2D eigenvalue weighted by atomic mass is 16.5. The fourth-order valence-electron chi connectivity index (χ4n) is 2.09. The van der Waals surface area contributed by atoms with Crippen molar-refractivity contribution >= 4 is 11.7 Å². The van der Waals surface area contributed by atoms with Gasteiger partial charge in [0.15, 0.2) is 0 Å². The third-order valence-corrected chi connectivity index (χ3v) is 3.28. The number of ether oxygens (including phenoxy) is 1. The Labute approximate surface area is 112 Å². The molecule has 1 amide bonds. The number of amides is 1. The van der Waals surface area contributed by atoms with Crippen LogP contribution in [0, 0.1) is 0 Å². The zero-order valence-electron chi connectivity index (χ0n) is 11.3. The zero-order chi connectivity index (χ0) is 13.9. The SMILES string of the molecule is CCc1cc(C(=O)NC2(C)CCOC2)cc(NN)n1. The Kier molecular flexibility index (Phi) is 4.01. The molecule has 104 valence electrons. The first kappa shape index (κ1) is 13.8. The Morgan fingerprint density at radius 2 is 2.37 bits per heavy atom. The summed E-state index contributed by atoms with van der Waals surface area (Å²) in [5.74, 6) is 5.74. The first-order valence-corrected chi connectivity index (χ1v) is 6.44. The van der Waals surface area contributed by atoms with Gasteiger partial charge in [-0.25, -0.2) is 10.8 Å². The second kappa shape index (κ2) is 5.54. The summed E-state index contributed by atoms with van der Waals surface area (Å²) in [5, 5.41) is 3.01. The van der Waals surface area contributed by atoms with Gasteiger partial charge in [-0.3, -0.25) is 4.79 Å². The van der Waals surface area contributed by atoms with Crippen LogP contribution in [0.4, 0.5) is 5.82 Å². The summed E-state index contributed by atoms with van der Waals surface area (Å²) in [6.07, 6.45) is 1.57. The van der Waals surface area contributed by atoms with Crippen LogP contribution in [-0.2, 0) is 11.2 Å². The van der Waals surface area contributed by atoms with Gasteiger partial charge in [0.05, 0.1) is 12.1 Å². The normalized spacial score (nSPS) is 22.3. The van der Waals surface area contributed by atoms with Crippen LogP contribution in [0.25, 0.3) is 0 Å². The molecule has 1 aliphatic heterocycles. The van der Waals surface area contributed by atoms with Crippen molar-refractivity contribution in [2.24, 2.45) is 5.84 Å². The monoisotopic (exact) mass is 264 g/mol. The topological polar surface area (TPSA) is 89.3 Å². The molecule has 0 radical (unpaired) electrons. The minimum absolute atomic E-state index is 0.124. The lowest BCUT2D eigenvalue weighted by atomic mass is 10.0. The molecule has 2 rings (SSSR count). The van der Waals surface area contributed by atoms with Crippen LogP contribution in [0.1, 0.15) is 36.3 Å². The van der Waals surface area contributed by atoms with Crippen molar-refractivity contribution in [3.05, 3.63) is 23.4 Å². The molecule has 2 heterocycles. The zero-order valence-corrected chi connectivity index (χ0v) is 11.3. The van der Waals surface area contributed by atoms with Gasteiger partial charge in [-0.05, 0) is 31.9 Å². The minimum Gasteiger partial charge on any atom is -0.379 e. The number of carbonyl (C=O) groups excluding carboxylic acids is 1. The van der Waals surface area contributed by atoms with Crippen molar-refractivity contribution in [1.29, 1.82) is 0 Å². The Morgan fingerprint density at radius 3 is 2.95 bits per heavy atom. The number of nitrogens with zero attached hydrogens (tertiary/aromatic N) is 1. The molecule has 0 bridgehead atoms. The van der Waals surface area contributed by atoms with Gasteiger partial charge < -0.3 is 15.5 Å². The molecule has 0 aliphatic carbocycles. The number of hydrogen-bond acceptors (Lipinski definition) is 5. The maximum Gasteiger partial charge on any atom is 0.251 e. The Bertz CT molecular complexity index is 447. The van der Waals surface area contributed by atoms with Crippen molar-refractivity contribution < 1.29 is 9.53 Å². The van der Waals surface area contributed by atoms with E-state index in [1.54, 1.807) is 12.1 Å². The molecular weight excluding hydrogens is 244 g/mol. The highest BCUT2D eigenvalue weighted by molar-refractivity contribution is 5.95. The fourth-order valence-corrected chi connectivity index (χ4v) is 2.09. The summed E-state index contributed by atoms with van der Waals surface area (Å²) in [6, 6.07) is 3.43. The first-order chi connectivity index (χ1) is 9.06.